The molecule has 0 aliphatic carbocycles. The van der Waals surface area contributed by atoms with Crippen LogP contribution in [0.4, 0.5) is 0 Å². The van der Waals surface area contributed by atoms with Crippen molar-refractivity contribution in [1.82, 2.24) is 10.6 Å². The molecule has 2 atom stereocenters. The van der Waals surface area contributed by atoms with Crippen molar-refractivity contribution in [2.24, 2.45) is 0 Å². The molecule has 0 aliphatic rings. The van der Waals surface area contributed by atoms with E-state index in [2.05, 4.69) is 45.4 Å². The van der Waals surface area contributed by atoms with Crippen molar-refractivity contribution < 1.29 is 28.7 Å². The zero-order valence-electron chi connectivity index (χ0n) is 12.3. The number of thiol groups is 2. The normalized spacial score (nSPS) is 12.7. The molecule has 0 aliphatic heterocycles. The Labute approximate surface area is 139 Å². The van der Waals surface area contributed by atoms with Crippen molar-refractivity contribution in [1.29, 1.82) is 0 Å². The average molecular weight is 352 g/mol. The summed E-state index contributed by atoms with van der Waals surface area (Å²) in [5, 5.41) is 4.79. The highest BCUT2D eigenvalue weighted by molar-refractivity contribution is 7.80. The summed E-state index contributed by atoms with van der Waals surface area (Å²) in [6.07, 6.45) is -0.291. The Morgan fingerprint density at radius 2 is 1.14 bits per heavy atom. The fraction of sp³-hybridized carbons (Fsp3) is 0.667. The van der Waals surface area contributed by atoms with Gasteiger partial charge in [-0.1, -0.05) is 0 Å². The number of hydrogen-bond donors (Lipinski definition) is 4. The minimum Gasteiger partial charge on any atom is -0.467 e. The van der Waals surface area contributed by atoms with Gasteiger partial charge in [-0.2, -0.15) is 25.3 Å². The molecule has 0 rings (SSSR count). The van der Waals surface area contributed by atoms with Gasteiger partial charge in [-0.05, 0) is 0 Å². The highest BCUT2D eigenvalue weighted by Gasteiger charge is 2.22. The predicted octanol–water partition coefficient (Wildman–Crippen LogP) is -1.06. The van der Waals surface area contributed by atoms with Gasteiger partial charge in [0.2, 0.25) is 11.8 Å². The van der Waals surface area contributed by atoms with Gasteiger partial charge < -0.3 is 20.1 Å². The van der Waals surface area contributed by atoms with Crippen molar-refractivity contribution >= 4 is 49.0 Å². The van der Waals surface area contributed by atoms with Crippen molar-refractivity contribution in [3.8, 4) is 0 Å². The topological polar surface area (TPSA) is 111 Å². The summed E-state index contributed by atoms with van der Waals surface area (Å²) in [6.45, 7) is 0. The molecular formula is C12H20N2O6S2. The van der Waals surface area contributed by atoms with Crippen LogP contribution in [0.5, 0.6) is 0 Å². The van der Waals surface area contributed by atoms with Gasteiger partial charge >= 0.3 is 11.9 Å². The molecule has 0 bridgehead atoms. The van der Waals surface area contributed by atoms with Crippen LogP contribution in [0.1, 0.15) is 12.8 Å². The van der Waals surface area contributed by atoms with Crippen LogP contribution in [0.15, 0.2) is 0 Å². The van der Waals surface area contributed by atoms with Gasteiger partial charge in [0.05, 0.1) is 14.2 Å². The molecule has 2 amide bonds. The molecule has 0 aromatic rings. The highest BCUT2D eigenvalue weighted by Crippen LogP contribution is 1.98. The van der Waals surface area contributed by atoms with Crippen LogP contribution in [0.25, 0.3) is 0 Å². The van der Waals surface area contributed by atoms with E-state index in [1.54, 1.807) is 0 Å². The molecule has 0 aromatic carbocycles. The number of methoxy groups -OCH3 is 2. The highest BCUT2D eigenvalue weighted by atomic mass is 32.1. The maximum absolute atomic E-state index is 11.6. The van der Waals surface area contributed by atoms with E-state index in [0.29, 0.717) is 0 Å². The lowest BCUT2D eigenvalue weighted by atomic mass is 10.2. The maximum Gasteiger partial charge on any atom is 0.329 e. The molecule has 8 nitrogen and oxygen atoms in total. The third-order valence-electron chi connectivity index (χ3n) is 2.59. The molecule has 0 spiro atoms. The largest absolute Gasteiger partial charge is 0.467 e. The Hall–Kier alpha value is -1.42. The second-order valence-electron chi connectivity index (χ2n) is 4.15. The Kier molecular flexibility index (Phi) is 10.5. The number of hydrogen-bond acceptors (Lipinski definition) is 8. The molecule has 10 heteroatoms. The number of carbonyl (C=O) groups excluding carboxylic acids is 4. The Morgan fingerprint density at radius 3 is 1.36 bits per heavy atom. The van der Waals surface area contributed by atoms with E-state index in [9.17, 15) is 19.2 Å². The number of rotatable bonds is 9. The van der Waals surface area contributed by atoms with Crippen molar-refractivity contribution in [3.63, 3.8) is 0 Å². The molecule has 0 saturated heterocycles. The molecule has 0 fully saturated rings. The van der Waals surface area contributed by atoms with E-state index in [1.165, 1.54) is 14.2 Å². The Balaban J connectivity index is 4.26. The lowest BCUT2D eigenvalue weighted by molar-refractivity contribution is -0.145. The van der Waals surface area contributed by atoms with Crippen LogP contribution in [0.3, 0.4) is 0 Å². The molecule has 22 heavy (non-hydrogen) atoms. The van der Waals surface area contributed by atoms with Crippen LogP contribution in [0, 0.1) is 0 Å². The third kappa shape index (κ3) is 7.55. The predicted molar refractivity (Wildman–Crippen MR) is 84.8 cm³/mol. The van der Waals surface area contributed by atoms with E-state index in [4.69, 9.17) is 0 Å². The molecule has 126 valence electrons. The van der Waals surface area contributed by atoms with Crippen molar-refractivity contribution in [3.05, 3.63) is 0 Å². The van der Waals surface area contributed by atoms with E-state index >= 15 is 0 Å². The first kappa shape index (κ1) is 20.6. The van der Waals surface area contributed by atoms with Gasteiger partial charge in [-0.25, -0.2) is 9.59 Å². The monoisotopic (exact) mass is 352 g/mol. The van der Waals surface area contributed by atoms with Gasteiger partial charge in [-0.3, -0.25) is 9.59 Å². The van der Waals surface area contributed by atoms with Gasteiger partial charge in [0.15, 0.2) is 0 Å². The third-order valence-corrected chi connectivity index (χ3v) is 3.32. The fourth-order valence-corrected chi connectivity index (χ4v) is 1.88. The van der Waals surface area contributed by atoms with Gasteiger partial charge in [0, 0.05) is 24.3 Å². The first-order valence-electron chi connectivity index (χ1n) is 6.35. The number of amides is 2. The molecular weight excluding hydrogens is 332 g/mol. The van der Waals surface area contributed by atoms with E-state index in [1.807, 2.05) is 0 Å². The Morgan fingerprint density at radius 1 is 0.818 bits per heavy atom. The summed E-state index contributed by atoms with van der Waals surface area (Å²) in [7, 11) is 2.39. The smallest absolute Gasteiger partial charge is 0.329 e. The lowest BCUT2D eigenvalue weighted by Crippen LogP contribution is -2.44. The number of carbonyl (C=O) groups is 4. The second-order valence-corrected chi connectivity index (χ2v) is 4.88. The van der Waals surface area contributed by atoms with E-state index < -0.39 is 35.8 Å². The van der Waals surface area contributed by atoms with Crippen molar-refractivity contribution in [2.75, 3.05) is 25.7 Å². The fourth-order valence-electron chi connectivity index (χ4n) is 1.40. The molecule has 0 saturated carbocycles. The second kappa shape index (κ2) is 11.2. The van der Waals surface area contributed by atoms with Gasteiger partial charge in [0.25, 0.3) is 0 Å². The molecule has 0 radical (unpaired) electrons. The summed E-state index contributed by atoms with van der Waals surface area (Å²) < 4.78 is 8.99. The van der Waals surface area contributed by atoms with E-state index in [-0.39, 0.29) is 24.3 Å². The standard InChI is InChI=1S/C12H20N2O6S2/c1-19-11(17)7(5-21)13-9(15)3-4-10(16)14-8(6-22)12(18)20-2/h7-8,21-22H,3-6H2,1-2H3,(H,13,15)(H,14,16)/t7-,8-/m0/s1. The summed E-state index contributed by atoms with van der Waals surface area (Å²) in [5.74, 6) is -2.08. The zero-order chi connectivity index (χ0) is 17.1. The molecule has 0 unspecified atom stereocenters. The van der Waals surface area contributed by atoms with Crippen LogP contribution in [-0.4, -0.2) is 61.6 Å². The average Bonchev–Trinajstić information content (AvgIpc) is 2.53. The Bertz CT molecular complexity index is 380. The summed E-state index contributed by atoms with van der Waals surface area (Å²) in [4.78, 5) is 45.9. The van der Waals surface area contributed by atoms with Crippen LogP contribution >= 0.6 is 25.3 Å². The van der Waals surface area contributed by atoms with Crippen molar-refractivity contribution in [2.45, 2.75) is 24.9 Å². The van der Waals surface area contributed by atoms with E-state index in [0.717, 1.165) is 0 Å². The number of nitrogens with one attached hydrogen (secondary N) is 2. The molecule has 0 aromatic heterocycles. The minimum absolute atomic E-state index is 0.0781. The maximum atomic E-state index is 11.6. The zero-order valence-corrected chi connectivity index (χ0v) is 14.1. The van der Waals surface area contributed by atoms with Gasteiger partial charge in [-0.15, -0.1) is 0 Å². The first-order valence-corrected chi connectivity index (χ1v) is 7.62. The summed E-state index contributed by atoms with van der Waals surface area (Å²) in [5.41, 5.74) is 0. The quantitative estimate of drug-likeness (QED) is 0.311. The molecule has 2 N–H and O–H groups in total. The SMILES string of the molecule is COC(=O)[C@H](CS)NC(=O)CCC(=O)N[C@@H](CS)C(=O)OC. The number of ether oxygens (including phenoxy) is 2. The van der Waals surface area contributed by atoms with Gasteiger partial charge in [0.1, 0.15) is 12.1 Å². The van der Waals surface area contributed by atoms with Crippen LogP contribution in [-0.2, 0) is 28.7 Å². The van der Waals surface area contributed by atoms with Crippen LogP contribution in [0.2, 0.25) is 0 Å². The lowest BCUT2D eigenvalue weighted by Gasteiger charge is -2.15. The summed E-state index contributed by atoms with van der Waals surface area (Å²) >= 11 is 7.86. The minimum atomic E-state index is -0.871. The first-order chi connectivity index (χ1) is 10.4. The van der Waals surface area contributed by atoms with Crippen LogP contribution < -0.4 is 10.6 Å². The number of esters is 2. The summed E-state index contributed by atoms with van der Waals surface area (Å²) in [6, 6.07) is -1.74. The molecule has 0 heterocycles.